The molecule has 0 unspecified atom stereocenters. The molecule has 0 aliphatic heterocycles. The highest BCUT2D eigenvalue weighted by molar-refractivity contribution is 6.60. The van der Waals surface area contributed by atoms with Crippen molar-refractivity contribution in [1.82, 2.24) is 0 Å². The third-order valence-corrected chi connectivity index (χ3v) is 6.37. The van der Waals surface area contributed by atoms with Crippen molar-refractivity contribution in [2.45, 2.75) is 59.6 Å². The second-order valence-electron chi connectivity index (χ2n) is 6.69. The fourth-order valence-corrected chi connectivity index (χ4v) is 4.99. The highest BCUT2D eigenvalue weighted by Gasteiger charge is 2.39. The fraction of sp³-hybridized carbons (Fsp3) is 0.632. The lowest BCUT2D eigenvalue weighted by Gasteiger charge is -2.28. The van der Waals surface area contributed by atoms with E-state index in [1.54, 1.807) is 32.9 Å². The van der Waals surface area contributed by atoms with Gasteiger partial charge in [-0.1, -0.05) is 12.1 Å². The Hall–Kier alpha value is -1.41. The van der Waals surface area contributed by atoms with Crippen LogP contribution in [0.25, 0.3) is 0 Å². The van der Waals surface area contributed by atoms with Gasteiger partial charge >= 0.3 is 15.0 Å². The number of carbonyl (C=O) groups excluding carboxylic acids is 1. The molecule has 0 saturated heterocycles. The summed E-state index contributed by atoms with van der Waals surface area (Å²) >= 11 is 0. The third kappa shape index (κ3) is 8.31. The van der Waals surface area contributed by atoms with Crippen LogP contribution in [0, 0.1) is 0 Å². The second-order valence-corrected chi connectivity index (χ2v) is 9.42. The summed E-state index contributed by atoms with van der Waals surface area (Å²) in [4.78, 5) is 11.7. The molecule has 0 aromatic heterocycles. The quantitative estimate of drug-likeness (QED) is 0.334. The van der Waals surface area contributed by atoms with Crippen molar-refractivity contribution in [3.63, 3.8) is 0 Å². The van der Waals surface area contributed by atoms with Gasteiger partial charge in [-0.2, -0.15) is 0 Å². The fourth-order valence-electron chi connectivity index (χ4n) is 2.39. The van der Waals surface area contributed by atoms with E-state index in [0.717, 1.165) is 12.0 Å². The second kappa shape index (κ2) is 10.7. The van der Waals surface area contributed by atoms with Gasteiger partial charge in [-0.25, -0.2) is 4.79 Å². The van der Waals surface area contributed by atoms with Gasteiger partial charge in [0.15, 0.2) is 0 Å². The van der Waals surface area contributed by atoms with Gasteiger partial charge in [0.05, 0.1) is 0 Å². The molecule has 0 N–H and O–H groups in total. The lowest BCUT2D eigenvalue weighted by atomic mass is 10.2. The van der Waals surface area contributed by atoms with E-state index in [1.807, 2.05) is 32.9 Å². The van der Waals surface area contributed by atoms with Crippen LogP contribution in [0.5, 0.6) is 5.75 Å². The minimum atomic E-state index is -2.65. The van der Waals surface area contributed by atoms with E-state index < -0.39 is 20.6 Å². The summed E-state index contributed by atoms with van der Waals surface area (Å²) in [6.07, 6.45) is 0.0552. The van der Waals surface area contributed by atoms with Crippen LogP contribution in [0.2, 0.25) is 6.04 Å². The Bertz CT molecular complexity index is 521. The van der Waals surface area contributed by atoms with Gasteiger partial charge in [-0.15, -0.1) is 0 Å². The molecular weight excluding hydrogens is 352 g/mol. The van der Waals surface area contributed by atoms with E-state index in [4.69, 9.17) is 22.8 Å². The summed E-state index contributed by atoms with van der Waals surface area (Å²) < 4.78 is 27.9. The zero-order valence-corrected chi connectivity index (χ0v) is 17.8. The number of carbonyl (C=O) groups is 1. The zero-order valence-electron chi connectivity index (χ0n) is 16.8. The topological polar surface area (TPSA) is 63.2 Å². The first-order chi connectivity index (χ1) is 12.2. The molecule has 26 heavy (non-hydrogen) atoms. The van der Waals surface area contributed by atoms with Gasteiger partial charge in [0, 0.05) is 25.9 Å². The van der Waals surface area contributed by atoms with E-state index in [0.29, 0.717) is 31.6 Å². The van der Waals surface area contributed by atoms with Crippen LogP contribution < -0.4 is 4.74 Å². The van der Waals surface area contributed by atoms with Crippen LogP contribution in [-0.4, -0.2) is 40.4 Å². The zero-order chi connectivity index (χ0) is 19.6. The summed E-state index contributed by atoms with van der Waals surface area (Å²) in [5.74, 6) is 0.450. The molecule has 1 rings (SSSR count). The normalized spacial score (nSPS) is 12.1. The largest absolute Gasteiger partial charge is 0.514 e. The Morgan fingerprint density at radius 3 is 1.85 bits per heavy atom. The van der Waals surface area contributed by atoms with Gasteiger partial charge < -0.3 is 22.8 Å². The minimum Gasteiger partial charge on any atom is -0.428 e. The summed E-state index contributed by atoms with van der Waals surface area (Å²) in [6, 6.07) is 8.05. The van der Waals surface area contributed by atoms with Crippen molar-refractivity contribution in [2.24, 2.45) is 0 Å². The molecule has 0 radical (unpaired) electrons. The van der Waals surface area contributed by atoms with Gasteiger partial charge in [0.2, 0.25) is 0 Å². The smallest absolute Gasteiger partial charge is 0.428 e. The highest BCUT2D eigenvalue weighted by atomic mass is 28.4. The molecule has 0 heterocycles. The molecule has 148 valence electrons. The first kappa shape index (κ1) is 22.6. The predicted molar refractivity (Wildman–Crippen MR) is 102 cm³/mol. The van der Waals surface area contributed by atoms with Crippen molar-refractivity contribution in [1.29, 1.82) is 0 Å². The van der Waals surface area contributed by atoms with Crippen LogP contribution in [0.15, 0.2) is 24.3 Å². The summed E-state index contributed by atoms with van der Waals surface area (Å²) in [6.45, 7) is 12.9. The molecule has 6 nitrogen and oxygen atoms in total. The molecule has 1 aromatic rings. The monoisotopic (exact) mass is 384 g/mol. The van der Waals surface area contributed by atoms with Gasteiger partial charge in [0.1, 0.15) is 11.4 Å². The molecule has 0 aliphatic rings. The van der Waals surface area contributed by atoms with Crippen LogP contribution in [-0.2, 0) is 24.4 Å². The minimum absolute atomic E-state index is 0.450. The molecule has 0 atom stereocenters. The number of hydrogen-bond acceptors (Lipinski definition) is 6. The molecule has 0 bridgehead atoms. The Kier molecular flexibility index (Phi) is 9.28. The van der Waals surface area contributed by atoms with Crippen molar-refractivity contribution < 1.29 is 27.5 Å². The third-order valence-electron chi connectivity index (χ3n) is 3.33. The lowest BCUT2D eigenvalue weighted by molar-refractivity contribution is 0.0206. The van der Waals surface area contributed by atoms with E-state index in [2.05, 4.69) is 0 Å². The van der Waals surface area contributed by atoms with Crippen molar-refractivity contribution in [3.05, 3.63) is 29.8 Å². The Morgan fingerprint density at radius 1 is 0.923 bits per heavy atom. The van der Waals surface area contributed by atoms with Gasteiger partial charge in [0.25, 0.3) is 0 Å². The van der Waals surface area contributed by atoms with E-state index in [1.165, 1.54) is 0 Å². The lowest BCUT2D eigenvalue weighted by Crippen LogP contribution is -2.46. The maximum Gasteiger partial charge on any atom is 0.514 e. The van der Waals surface area contributed by atoms with Crippen LogP contribution in [0.4, 0.5) is 4.79 Å². The molecular formula is C19H32O6Si. The van der Waals surface area contributed by atoms with Crippen molar-refractivity contribution in [3.8, 4) is 5.75 Å². The van der Waals surface area contributed by atoms with Crippen molar-refractivity contribution in [2.75, 3.05) is 19.8 Å². The number of rotatable bonds is 10. The number of benzene rings is 1. The molecule has 7 heteroatoms. The molecule has 0 saturated carbocycles. The Labute approximate surface area is 158 Å². The molecule has 0 aliphatic carbocycles. The number of hydrogen-bond donors (Lipinski definition) is 0. The van der Waals surface area contributed by atoms with E-state index >= 15 is 0 Å². The van der Waals surface area contributed by atoms with Crippen LogP contribution >= 0.6 is 0 Å². The van der Waals surface area contributed by atoms with Crippen LogP contribution in [0.3, 0.4) is 0 Å². The molecule has 1 aromatic carbocycles. The number of aryl methyl sites for hydroxylation is 1. The van der Waals surface area contributed by atoms with Gasteiger partial charge in [-0.05, 0) is 65.7 Å². The summed E-state index contributed by atoms with van der Waals surface area (Å²) in [5, 5.41) is 0. The molecule has 0 amide bonds. The maximum absolute atomic E-state index is 11.7. The Morgan fingerprint density at radius 2 is 1.42 bits per heavy atom. The van der Waals surface area contributed by atoms with Crippen molar-refractivity contribution >= 4 is 15.0 Å². The van der Waals surface area contributed by atoms with E-state index in [9.17, 15) is 4.79 Å². The number of ether oxygens (including phenoxy) is 2. The van der Waals surface area contributed by atoms with Crippen LogP contribution in [0.1, 0.15) is 47.1 Å². The summed E-state index contributed by atoms with van der Waals surface area (Å²) in [5.41, 5.74) is 0.514. The maximum atomic E-state index is 11.7. The predicted octanol–water partition coefficient (Wildman–Crippen LogP) is 4.59. The summed E-state index contributed by atoms with van der Waals surface area (Å²) in [7, 11) is -2.65. The molecule has 0 fully saturated rings. The first-order valence-electron chi connectivity index (χ1n) is 9.15. The van der Waals surface area contributed by atoms with Gasteiger partial charge in [-0.3, -0.25) is 0 Å². The highest BCUT2D eigenvalue weighted by Crippen LogP contribution is 2.21. The molecule has 0 spiro atoms. The van der Waals surface area contributed by atoms with E-state index in [-0.39, 0.29) is 0 Å². The average Bonchev–Trinajstić information content (AvgIpc) is 2.53. The average molecular weight is 385 g/mol. The Balaban J connectivity index is 2.66. The SMILES string of the molecule is CCO[Si](CCc1ccc(OC(=O)OC(C)(C)C)cc1)(OCC)OCC. The standard InChI is InChI=1S/C19H32O6Si/c1-7-21-26(22-8-2,23-9-3)15-14-16-10-12-17(13-11-16)24-18(20)25-19(4,5)6/h10-13H,7-9,14-15H2,1-6H3. The first-order valence-corrected chi connectivity index (χ1v) is 11.1.